The first-order valence-corrected chi connectivity index (χ1v) is 6.07. The lowest BCUT2D eigenvalue weighted by atomic mass is 9.98. The van der Waals surface area contributed by atoms with Gasteiger partial charge in [0.2, 0.25) is 0 Å². The zero-order chi connectivity index (χ0) is 14.4. The molecule has 1 fully saturated rings. The second-order valence-corrected chi connectivity index (χ2v) is 5.56. The minimum absolute atomic E-state index is 0.228. The Morgan fingerprint density at radius 1 is 1.16 bits per heavy atom. The summed E-state index contributed by atoms with van der Waals surface area (Å²) >= 11 is 0. The number of hydrogen-bond acceptors (Lipinski definition) is 2. The van der Waals surface area contributed by atoms with Crippen LogP contribution >= 0.6 is 0 Å². The van der Waals surface area contributed by atoms with Gasteiger partial charge in [0.05, 0.1) is 0 Å². The molecule has 1 unspecified atom stereocenters. The van der Waals surface area contributed by atoms with Gasteiger partial charge in [-0.25, -0.2) is 17.6 Å². The third-order valence-electron chi connectivity index (χ3n) is 3.35. The maximum absolute atomic E-state index is 13.8. The Morgan fingerprint density at radius 2 is 1.68 bits per heavy atom. The molecule has 0 bridgehead atoms. The van der Waals surface area contributed by atoms with E-state index in [9.17, 15) is 17.6 Å². The summed E-state index contributed by atoms with van der Waals surface area (Å²) in [7, 11) is 0. The van der Waals surface area contributed by atoms with Crippen molar-refractivity contribution in [2.45, 2.75) is 32.4 Å². The molecule has 1 aliphatic rings. The fraction of sp³-hybridized carbons (Fsp3) is 0.538. The summed E-state index contributed by atoms with van der Waals surface area (Å²) in [5, 5.41) is 3.20. The lowest BCUT2D eigenvalue weighted by Crippen LogP contribution is -2.61. The summed E-state index contributed by atoms with van der Waals surface area (Å²) in [6.07, 6.45) is 0. The first kappa shape index (κ1) is 14.1. The number of halogens is 4. The van der Waals surface area contributed by atoms with Crippen molar-refractivity contribution in [2.75, 3.05) is 18.0 Å². The van der Waals surface area contributed by atoms with Crippen LogP contribution in [0, 0.1) is 23.3 Å². The van der Waals surface area contributed by atoms with E-state index in [1.165, 1.54) is 4.90 Å². The second kappa shape index (κ2) is 4.67. The molecule has 6 heteroatoms. The molecule has 1 N–H and O–H groups in total. The number of hydrogen-bond donors (Lipinski definition) is 1. The zero-order valence-corrected chi connectivity index (χ0v) is 11.0. The largest absolute Gasteiger partial charge is 0.361 e. The summed E-state index contributed by atoms with van der Waals surface area (Å²) in [5.74, 6) is -5.44. The van der Waals surface area contributed by atoms with Crippen LogP contribution in [-0.2, 0) is 0 Å². The lowest BCUT2D eigenvalue weighted by Gasteiger charge is -2.44. The van der Waals surface area contributed by atoms with Crippen LogP contribution < -0.4 is 10.2 Å². The molecule has 0 amide bonds. The number of rotatable bonds is 1. The fourth-order valence-electron chi connectivity index (χ4n) is 2.28. The number of nitrogens with zero attached hydrogens (tertiary/aromatic N) is 1. The summed E-state index contributed by atoms with van der Waals surface area (Å²) in [5.41, 5.74) is -1.02. The highest BCUT2D eigenvalue weighted by Crippen LogP contribution is 2.31. The monoisotopic (exact) mass is 276 g/mol. The Kier molecular flexibility index (Phi) is 3.47. The van der Waals surface area contributed by atoms with E-state index in [1.54, 1.807) is 6.92 Å². The Morgan fingerprint density at radius 3 is 2.21 bits per heavy atom. The van der Waals surface area contributed by atoms with E-state index in [0.29, 0.717) is 6.54 Å². The van der Waals surface area contributed by atoms with E-state index in [1.807, 2.05) is 13.8 Å². The maximum atomic E-state index is 13.8. The summed E-state index contributed by atoms with van der Waals surface area (Å²) in [6.45, 7) is 6.19. The molecule has 0 aromatic heterocycles. The van der Waals surface area contributed by atoms with Crippen molar-refractivity contribution >= 4 is 5.69 Å². The van der Waals surface area contributed by atoms with Crippen molar-refractivity contribution in [2.24, 2.45) is 0 Å². The van der Waals surface area contributed by atoms with Gasteiger partial charge in [0.25, 0.3) is 0 Å². The minimum Gasteiger partial charge on any atom is -0.361 e. The molecule has 1 aliphatic heterocycles. The van der Waals surface area contributed by atoms with Crippen LogP contribution in [0.15, 0.2) is 6.07 Å². The Balaban J connectivity index is 2.51. The standard InChI is InChI=1S/C13H16F4N2/c1-7-5-18-13(2,3)6-19(7)12-10(16)8(14)4-9(15)11(12)17/h4,7,18H,5-6H2,1-3H3. The number of nitrogens with one attached hydrogen (secondary N) is 1. The molecule has 1 atom stereocenters. The maximum Gasteiger partial charge on any atom is 0.185 e. The van der Waals surface area contributed by atoms with Gasteiger partial charge in [-0.2, -0.15) is 0 Å². The molecule has 0 saturated carbocycles. The molecular weight excluding hydrogens is 260 g/mol. The SMILES string of the molecule is CC1CNC(C)(C)CN1c1c(F)c(F)cc(F)c1F. The van der Waals surface area contributed by atoms with E-state index in [-0.39, 0.29) is 18.7 Å². The van der Waals surface area contributed by atoms with Crippen LogP contribution in [0.2, 0.25) is 0 Å². The number of piperazine rings is 1. The topological polar surface area (TPSA) is 15.3 Å². The zero-order valence-electron chi connectivity index (χ0n) is 11.0. The third kappa shape index (κ3) is 2.54. The molecular formula is C13H16F4N2. The van der Waals surface area contributed by atoms with Crippen LogP contribution in [0.5, 0.6) is 0 Å². The normalized spacial score (nSPS) is 22.7. The van der Waals surface area contributed by atoms with Gasteiger partial charge in [-0.1, -0.05) is 0 Å². The van der Waals surface area contributed by atoms with Crippen LogP contribution in [0.3, 0.4) is 0 Å². The van der Waals surface area contributed by atoms with Gasteiger partial charge < -0.3 is 10.2 Å². The van der Waals surface area contributed by atoms with Crippen molar-refractivity contribution in [1.29, 1.82) is 0 Å². The van der Waals surface area contributed by atoms with Gasteiger partial charge in [-0.3, -0.25) is 0 Å². The minimum atomic E-state index is -1.38. The molecule has 0 aliphatic carbocycles. The fourth-order valence-corrected chi connectivity index (χ4v) is 2.28. The van der Waals surface area contributed by atoms with Crippen LogP contribution in [0.4, 0.5) is 23.2 Å². The number of anilines is 1. The van der Waals surface area contributed by atoms with Gasteiger partial charge in [0.1, 0.15) is 5.69 Å². The lowest BCUT2D eigenvalue weighted by molar-refractivity contribution is 0.311. The summed E-state index contributed by atoms with van der Waals surface area (Å²) < 4.78 is 54.2. The average Bonchev–Trinajstić information content (AvgIpc) is 2.31. The highest BCUT2D eigenvalue weighted by molar-refractivity contribution is 5.52. The number of benzene rings is 1. The van der Waals surface area contributed by atoms with Crippen LogP contribution in [-0.4, -0.2) is 24.7 Å². The van der Waals surface area contributed by atoms with Gasteiger partial charge in [-0.05, 0) is 20.8 Å². The molecule has 0 radical (unpaired) electrons. The van der Waals surface area contributed by atoms with E-state index >= 15 is 0 Å². The van der Waals surface area contributed by atoms with E-state index in [4.69, 9.17) is 0 Å². The molecule has 2 rings (SSSR count). The first-order valence-electron chi connectivity index (χ1n) is 6.07. The molecule has 106 valence electrons. The van der Waals surface area contributed by atoms with Gasteiger partial charge in [-0.15, -0.1) is 0 Å². The van der Waals surface area contributed by atoms with Crippen LogP contribution in [0.1, 0.15) is 20.8 Å². The molecule has 1 aromatic rings. The van der Waals surface area contributed by atoms with Gasteiger partial charge in [0.15, 0.2) is 23.3 Å². The second-order valence-electron chi connectivity index (χ2n) is 5.56. The van der Waals surface area contributed by atoms with E-state index in [0.717, 1.165) is 0 Å². The highest BCUT2D eigenvalue weighted by Gasteiger charge is 2.34. The highest BCUT2D eigenvalue weighted by atomic mass is 19.2. The third-order valence-corrected chi connectivity index (χ3v) is 3.35. The predicted molar refractivity (Wildman–Crippen MR) is 65.2 cm³/mol. The Hall–Kier alpha value is -1.30. The Labute approximate surface area is 109 Å². The quantitative estimate of drug-likeness (QED) is 0.627. The van der Waals surface area contributed by atoms with Crippen molar-refractivity contribution in [1.82, 2.24) is 5.32 Å². The van der Waals surface area contributed by atoms with Crippen molar-refractivity contribution < 1.29 is 17.6 Å². The van der Waals surface area contributed by atoms with E-state index < -0.39 is 34.5 Å². The summed E-state index contributed by atoms with van der Waals surface area (Å²) in [6, 6.07) is -0.0372. The average molecular weight is 276 g/mol. The van der Waals surface area contributed by atoms with Crippen molar-refractivity contribution in [3.8, 4) is 0 Å². The molecule has 1 heterocycles. The van der Waals surface area contributed by atoms with Gasteiger partial charge >= 0.3 is 0 Å². The van der Waals surface area contributed by atoms with Crippen LogP contribution in [0.25, 0.3) is 0 Å². The first-order chi connectivity index (χ1) is 8.73. The predicted octanol–water partition coefficient (Wildman–Crippen LogP) is 2.82. The molecule has 1 aromatic carbocycles. The Bertz CT molecular complexity index is 476. The molecule has 19 heavy (non-hydrogen) atoms. The molecule has 2 nitrogen and oxygen atoms in total. The smallest absolute Gasteiger partial charge is 0.185 e. The summed E-state index contributed by atoms with van der Waals surface area (Å²) in [4.78, 5) is 1.37. The molecule has 1 saturated heterocycles. The molecule has 0 spiro atoms. The van der Waals surface area contributed by atoms with Crippen molar-refractivity contribution in [3.05, 3.63) is 29.3 Å². The van der Waals surface area contributed by atoms with E-state index in [2.05, 4.69) is 5.32 Å². The van der Waals surface area contributed by atoms with Gasteiger partial charge in [0, 0.05) is 30.7 Å². The van der Waals surface area contributed by atoms with Crippen molar-refractivity contribution in [3.63, 3.8) is 0 Å².